The van der Waals surface area contributed by atoms with Crippen molar-refractivity contribution in [3.05, 3.63) is 66.5 Å². The average molecular weight is 477 g/mol. The molecule has 4 heteroatoms. The maximum atomic E-state index is 13.9. The molecule has 0 amide bonds. The summed E-state index contributed by atoms with van der Waals surface area (Å²) in [5.41, 5.74) is 4.45. The SMILES string of the molecule is CCCCCCCCc1ccc(-c2cnc(-c3ccc(OCC(F)CCCCC)cc3)nc2)cc1. The van der Waals surface area contributed by atoms with Crippen molar-refractivity contribution in [3.8, 4) is 28.3 Å². The minimum Gasteiger partial charge on any atom is -0.491 e. The first-order valence-electron chi connectivity index (χ1n) is 13.5. The zero-order valence-electron chi connectivity index (χ0n) is 21.5. The Bertz CT molecular complexity index is 955. The average Bonchev–Trinajstić information content (AvgIpc) is 2.90. The molecule has 35 heavy (non-hydrogen) atoms. The standard InChI is InChI=1S/C31H41FN2O/c1-3-5-7-8-9-11-12-25-14-16-26(17-15-25)28-22-33-31(34-23-28)27-18-20-30(21-19-27)35-24-29(32)13-10-6-4-2/h14-23,29H,3-13,24H2,1-2H3. The van der Waals surface area contributed by atoms with Crippen LogP contribution in [-0.4, -0.2) is 22.7 Å². The number of aromatic nitrogens is 2. The highest BCUT2D eigenvalue weighted by Crippen LogP contribution is 2.23. The van der Waals surface area contributed by atoms with Gasteiger partial charge in [-0.1, -0.05) is 89.5 Å². The van der Waals surface area contributed by atoms with Gasteiger partial charge in [-0.2, -0.15) is 0 Å². The fraction of sp³-hybridized carbons (Fsp3) is 0.484. The van der Waals surface area contributed by atoms with Gasteiger partial charge < -0.3 is 4.74 Å². The lowest BCUT2D eigenvalue weighted by molar-refractivity contribution is 0.184. The van der Waals surface area contributed by atoms with E-state index < -0.39 is 6.17 Å². The third kappa shape index (κ3) is 9.43. The Morgan fingerprint density at radius 2 is 1.29 bits per heavy atom. The van der Waals surface area contributed by atoms with E-state index in [1.54, 1.807) is 0 Å². The molecule has 0 fully saturated rings. The normalized spacial score (nSPS) is 12.0. The Morgan fingerprint density at radius 3 is 1.97 bits per heavy atom. The van der Waals surface area contributed by atoms with Crippen LogP contribution in [0.25, 0.3) is 22.5 Å². The lowest BCUT2D eigenvalue weighted by Crippen LogP contribution is -2.12. The predicted molar refractivity (Wildman–Crippen MR) is 145 cm³/mol. The zero-order valence-corrected chi connectivity index (χ0v) is 21.5. The topological polar surface area (TPSA) is 35.0 Å². The largest absolute Gasteiger partial charge is 0.491 e. The Morgan fingerprint density at radius 1 is 0.686 bits per heavy atom. The summed E-state index contributed by atoms with van der Waals surface area (Å²) in [6, 6.07) is 16.3. The molecule has 0 saturated heterocycles. The fourth-order valence-corrected chi connectivity index (χ4v) is 4.19. The van der Waals surface area contributed by atoms with E-state index in [9.17, 15) is 4.39 Å². The third-order valence-electron chi connectivity index (χ3n) is 6.42. The molecule has 0 spiro atoms. The van der Waals surface area contributed by atoms with Gasteiger partial charge in [-0.15, -0.1) is 0 Å². The zero-order chi connectivity index (χ0) is 24.7. The van der Waals surface area contributed by atoms with Crippen molar-refractivity contribution in [3.63, 3.8) is 0 Å². The molecule has 0 N–H and O–H groups in total. The Labute approximate surface area is 211 Å². The molecule has 3 nitrogen and oxygen atoms in total. The van der Waals surface area contributed by atoms with Crippen molar-refractivity contribution in [2.75, 3.05) is 6.61 Å². The second-order valence-corrected chi connectivity index (χ2v) is 9.44. The van der Waals surface area contributed by atoms with Crippen LogP contribution in [0.2, 0.25) is 0 Å². The lowest BCUT2D eigenvalue weighted by atomic mass is 10.0. The molecule has 0 aliphatic carbocycles. The molecule has 1 heterocycles. The van der Waals surface area contributed by atoms with Gasteiger partial charge in [0.05, 0.1) is 0 Å². The Balaban J connectivity index is 1.47. The second kappa shape index (κ2) is 15.3. The Hall–Kier alpha value is -2.75. The van der Waals surface area contributed by atoms with Crippen molar-refractivity contribution in [1.29, 1.82) is 0 Å². The molecule has 0 aliphatic heterocycles. The van der Waals surface area contributed by atoms with Gasteiger partial charge in [-0.25, -0.2) is 14.4 Å². The van der Waals surface area contributed by atoms with Crippen LogP contribution in [0.15, 0.2) is 60.9 Å². The first-order valence-corrected chi connectivity index (χ1v) is 13.5. The molecule has 3 aromatic rings. The number of hydrogen-bond acceptors (Lipinski definition) is 3. The van der Waals surface area contributed by atoms with Crippen LogP contribution in [0, 0.1) is 0 Å². The smallest absolute Gasteiger partial charge is 0.159 e. The molecule has 1 unspecified atom stereocenters. The van der Waals surface area contributed by atoms with E-state index in [1.807, 2.05) is 36.7 Å². The van der Waals surface area contributed by atoms with Crippen molar-refractivity contribution in [2.24, 2.45) is 0 Å². The fourth-order valence-electron chi connectivity index (χ4n) is 4.19. The number of nitrogens with zero attached hydrogens (tertiary/aromatic N) is 2. The van der Waals surface area contributed by atoms with Crippen molar-refractivity contribution >= 4 is 0 Å². The van der Waals surface area contributed by atoms with Gasteiger partial charge in [-0.3, -0.25) is 0 Å². The lowest BCUT2D eigenvalue weighted by Gasteiger charge is -2.11. The number of alkyl halides is 1. The summed E-state index contributed by atoms with van der Waals surface area (Å²) in [6.45, 7) is 4.48. The van der Waals surface area contributed by atoms with Crippen LogP contribution in [-0.2, 0) is 6.42 Å². The van der Waals surface area contributed by atoms with E-state index in [4.69, 9.17) is 4.74 Å². The van der Waals surface area contributed by atoms with Gasteiger partial charge in [0.2, 0.25) is 0 Å². The number of rotatable bonds is 16. The predicted octanol–water partition coefficient (Wildman–Crippen LogP) is 9.01. The highest BCUT2D eigenvalue weighted by Gasteiger charge is 2.08. The van der Waals surface area contributed by atoms with Crippen molar-refractivity contribution in [2.45, 2.75) is 90.6 Å². The molecule has 0 radical (unpaired) electrons. The summed E-state index contributed by atoms with van der Waals surface area (Å²) in [6.07, 6.45) is 15.6. The Kier molecular flexibility index (Phi) is 11.7. The number of halogens is 1. The summed E-state index contributed by atoms with van der Waals surface area (Å²) in [7, 11) is 0. The third-order valence-corrected chi connectivity index (χ3v) is 6.42. The van der Waals surface area contributed by atoms with E-state index in [0.29, 0.717) is 18.0 Å². The molecule has 1 atom stereocenters. The highest BCUT2D eigenvalue weighted by molar-refractivity contribution is 5.64. The summed E-state index contributed by atoms with van der Waals surface area (Å²) in [5.74, 6) is 1.34. The summed E-state index contributed by atoms with van der Waals surface area (Å²) < 4.78 is 19.5. The molecular weight excluding hydrogens is 435 g/mol. The van der Waals surface area contributed by atoms with Crippen molar-refractivity contribution < 1.29 is 9.13 Å². The molecule has 3 rings (SSSR count). The van der Waals surface area contributed by atoms with Gasteiger partial charge in [0.25, 0.3) is 0 Å². The first-order chi connectivity index (χ1) is 17.2. The van der Waals surface area contributed by atoms with E-state index in [-0.39, 0.29) is 6.61 Å². The molecule has 0 saturated carbocycles. The highest BCUT2D eigenvalue weighted by atomic mass is 19.1. The number of ether oxygens (including phenoxy) is 1. The van der Waals surface area contributed by atoms with Crippen LogP contribution in [0.1, 0.15) is 83.6 Å². The molecule has 0 aliphatic rings. The molecule has 1 aromatic heterocycles. The minimum atomic E-state index is -0.915. The molecule has 0 bridgehead atoms. The van der Waals surface area contributed by atoms with Gasteiger partial charge >= 0.3 is 0 Å². The van der Waals surface area contributed by atoms with E-state index >= 15 is 0 Å². The van der Waals surface area contributed by atoms with Gasteiger partial charge in [-0.05, 0) is 54.7 Å². The summed E-state index contributed by atoms with van der Waals surface area (Å²) in [4.78, 5) is 9.13. The maximum Gasteiger partial charge on any atom is 0.159 e. The van der Waals surface area contributed by atoms with Gasteiger partial charge in [0, 0.05) is 23.5 Å². The number of hydrogen-bond donors (Lipinski definition) is 0. The van der Waals surface area contributed by atoms with Crippen LogP contribution in [0.3, 0.4) is 0 Å². The second-order valence-electron chi connectivity index (χ2n) is 9.44. The molecule has 188 valence electrons. The summed E-state index contributed by atoms with van der Waals surface area (Å²) >= 11 is 0. The minimum absolute atomic E-state index is 0.103. The quantitative estimate of drug-likeness (QED) is 0.193. The van der Waals surface area contributed by atoms with Crippen LogP contribution in [0.5, 0.6) is 5.75 Å². The molecular formula is C31H41FN2O. The number of aryl methyl sites for hydroxylation is 1. The summed E-state index contributed by atoms with van der Waals surface area (Å²) in [5, 5.41) is 0. The van der Waals surface area contributed by atoms with E-state index in [2.05, 4.69) is 48.1 Å². The van der Waals surface area contributed by atoms with Gasteiger partial charge in [0.15, 0.2) is 5.82 Å². The monoisotopic (exact) mass is 476 g/mol. The van der Waals surface area contributed by atoms with Crippen LogP contribution >= 0.6 is 0 Å². The van der Waals surface area contributed by atoms with Crippen LogP contribution < -0.4 is 4.74 Å². The van der Waals surface area contributed by atoms with Crippen molar-refractivity contribution in [1.82, 2.24) is 9.97 Å². The van der Waals surface area contributed by atoms with Crippen LogP contribution in [0.4, 0.5) is 4.39 Å². The van der Waals surface area contributed by atoms with Gasteiger partial charge in [0.1, 0.15) is 18.5 Å². The maximum absolute atomic E-state index is 13.9. The number of benzene rings is 2. The molecule has 2 aromatic carbocycles. The first kappa shape index (κ1) is 26.8. The van der Waals surface area contributed by atoms with E-state index in [0.717, 1.165) is 42.4 Å². The van der Waals surface area contributed by atoms with E-state index in [1.165, 1.54) is 44.1 Å². The number of unbranched alkanes of at least 4 members (excludes halogenated alkanes) is 7.